The summed E-state index contributed by atoms with van der Waals surface area (Å²) in [5.74, 6) is 1.97. The molecule has 2 aromatic rings. The smallest absolute Gasteiger partial charge is 0.134 e. The lowest BCUT2D eigenvalue weighted by atomic mass is 10.0. The van der Waals surface area contributed by atoms with E-state index in [-0.39, 0.29) is 0 Å². The summed E-state index contributed by atoms with van der Waals surface area (Å²) in [7, 11) is 4.81. The quantitative estimate of drug-likeness (QED) is 0.918. The second-order valence-electron chi connectivity index (χ2n) is 4.42. The first kappa shape index (κ1) is 15.5. The monoisotopic (exact) mass is 307 g/mol. The molecule has 0 heterocycles. The highest BCUT2D eigenvalue weighted by Crippen LogP contribution is 2.42. The Bertz CT molecular complexity index is 618. The number of hydrogen-bond acceptors (Lipinski definition) is 4. The first-order chi connectivity index (χ1) is 10.1. The van der Waals surface area contributed by atoms with Crippen molar-refractivity contribution < 1.29 is 14.2 Å². The maximum atomic E-state index is 6.24. The van der Waals surface area contributed by atoms with Gasteiger partial charge in [0.25, 0.3) is 0 Å². The number of halogens is 1. The summed E-state index contributed by atoms with van der Waals surface area (Å²) in [5, 5.41) is 0.620. The topological polar surface area (TPSA) is 53.7 Å². The van der Waals surface area contributed by atoms with Crippen LogP contribution in [-0.2, 0) is 6.54 Å². The van der Waals surface area contributed by atoms with Gasteiger partial charge in [-0.15, -0.1) is 0 Å². The van der Waals surface area contributed by atoms with Crippen LogP contribution in [0.25, 0.3) is 11.1 Å². The van der Waals surface area contributed by atoms with Gasteiger partial charge in [0.05, 0.1) is 26.9 Å². The first-order valence-corrected chi connectivity index (χ1v) is 6.81. The van der Waals surface area contributed by atoms with Crippen molar-refractivity contribution in [3.8, 4) is 28.4 Å². The molecule has 0 atom stereocenters. The number of rotatable bonds is 5. The van der Waals surface area contributed by atoms with Crippen molar-refractivity contribution >= 4 is 11.6 Å². The van der Waals surface area contributed by atoms with Crippen LogP contribution in [0.1, 0.15) is 5.56 Å². The van der Waals surface area contributed by atoms with E-state index in [0.717, 1.165) is 16.7 Å². The molecule has 0 aromatic heterocycles. The highest BCUT2D eigenvalue weighted by molar-refractivity contribution is 6.31. The fourth-order valence-corrected chi connectivity index (χ4v) is 2.42. The van der Waals surface area contributed by atoms with Gasteiger partial charge in [-0.25, -0.2) is 0 Å². The standard InChI is InChI=1S/C16H18ClNO3/c1-19-12-7-14(20-2)16(15(8-12)21-3)10-4-5-11(9-18)13(17)6-10/h4-8H,9,18H2,1-3H3. The molecule has 2 rings (SSSR count). The largest absolute Gasteiger partial charge is 0.496 e. The molecule has 0 bridgehead atoms. The molecular weight excluding hydrogens is 290 g/mol. The van der Waals surface area contributed by atoms with E-state index < -0.39 is 0 Å². The summed E-state index contributed by atoms with van der Waals surface area (Å²) < 4.78 is 16.2. The van der Waals surface area contributed by atoms with Crippen LogP contribution in [0.4, 0.5) is 0 Å². The van der Waals surface area contributed by atoms with Crippen LogP contribution in [0.5, 0.6) is 17.2 Å². The fourth-order valence-electron chi connectivity index (χ4n) is 2.16. The number of nitrogens with two attached hydrogens (primary N) is 1. The second kappa shape index (κ2) is 6.70. The lowest BCUT2D eigenvalue weighted by Crippen LogP contribution is -1.98. The molecule has 0 aliphatic heterocycles. The highest BCUT2D eigenvalue weighted by atomic mass is 35.5. The Kier molecular flexibility index (Phi) is 4.94. The van der Waals surface area contributed by atoms with Crippen molar-refractivity contribution in [3.63, 3.8) is 0 Å². The van der Waals surface area contributed by atoms with Crippen LogP contribution in [0.2, 0.25) is 5.02 Å². The van der Waals surface area contributed by atoms with E-state index in [1.165, 1.54) is 0 Å². The number of hydrogen-bond donors (Lipinski definition) is 1. The predicted octanol–water partition coefficient (Wildman–Crippen LogP) is 3.49. The van der Waals surface area contributed by atoms with Gasteiger partial charge in [-0.3, -0.25) is 0 Å². The SMILES string of the molecule is COc1cc(OC)c(-c2ccc(CN)c(Cl)c2)c(OC)c1. The maximum absolute atomic E-state index is 6.24. The zero-order valence-corrected chi connectivity index (χ0v) is 13.0. The number of benzene rings is 2. The normalized spacial score (nSPS) is 10.3. The first-order valence-electron chi connectivity index (χ1n) is 6.43. The summed E-state index contributed by atoms with van der Waals surface area (Å²) in [5.41, 5.74) is 8.26. The summed E-state index contributed by atoms with van der Waals surface area (Å²) in [6, 6.07) is 9.32. The third kappa shape index (κ3) is 3.06. The molecule has 4 nitrogen and oxygen atoms in total. The van der Waals surface area contributed by atoms with Crippen LogP contribution in [0.15, 0.2) is 30.3 Å². The Balaban J connectivity index is 2.64. The van der Waals surface area contributed by atoms with E-state index in [0.29, 0.717) is 28.8 Å². The van der Waals surface area contributed by atoms with Gasteiger partial charge >= 0.3 is 0 Å². The van der Waals surface area contributed by atoms with Crippen molar-refractivity contribution in [1.29, 1.82) is 0 Å². The second-order valence-corrected chi connectivity index (χ2v) is 4.82. The van der Waals surface area contributed by atoms with E-state index in [2.05, 4.69) is 0 Å². The minimum Gasteiger partial charge on any atom is -0.496 e. The maximum Gasteiger partial charge on any atom is 0.134 e. The molecule has 112 valence electrons. The summed E-state index contributed by atoms with van der Waals surface area (Å²) in [4.78, 5) is 0. The third-order valence-corrected chi connectivity index (χ3v) is 3.63. The summed E-state index contributed by atoms with van der Waals surface area (Å²) in [6.45, 7) is 0.399. The molecule has 0 fully saturated rings. The molecule has 2 aromatic carbocycles. The van der Waals surface area contributed by atoms with E-state index in [1.54, 1.807) is 21.3 Å². The minimum absolute atomic E-state index is 0.399. The molecule has 0 radical (unpaired) electrons. The van der Waals surface area contributed by atoms with E-state index in [4.69, 9.17) is 31.5 Å². The number of ether oxygens (including phenoxy) is 3. The van der Waals surface area contributed by atoms with Crippen molar-refractivity contribution in [2.24, 2.45) is 5.73 Å². The molecule has 5 heteroatoms. The molecule has 0 aliphatic rings. The van der Waals surface area contributed by atoms with Crippen LogP contribution >= 0.6 is 11.6 Å². The molecule has 0 aliphatic carbocycles. The lowest BCUT2D eigenvalue weighted by molar-refractivity contribution is 0.377. The molecule has 0 unspecified atom stereocenters. The molecule has 0 saturated carbocycles. The van der Waals surface area contributed by atoms with Crippen LogP contribution in [0.3, 0.4) is 0 Å². The number of methoxy groups -OCH3 is 3. The average molecular weight is 308 g/mol. The molecular formula is C16H18ClNO3. The lowest BCUT2D eigenvalue weighted by Gasteiger charge is -2.16. The zero-order valence-electron chi connectivity index (χ0n) is 12.3. The van der Waals surface area contributed by atoms with Crippen molar-refractivity contribution in [2.45, 2.75) is 6.54 Å². The van der Waals surface area contributed by atoms with E-state index in [1.807, 2.05) is 30.3 Å². The minimum atomic E-state index is 0.399. The fraction of sp³-hybridized carbons (Fsp3) is 0.250. The molecule has 21 heavy (non-hydrogen) atoms. The van der Waals surface area contributed by atoms with Gasteiger partial charge < -0.3 is 19.9 Å². The van der Waals surface area contributed by atoms with Crippen LogP contribution < -0.4 is 19.9 Å². The Hall–Kier alpha value is -1.91. The van der Waals surface area contributed by atoms with Gasteiger partial charge in [-0.1, -0.05) is 23.7 Å². The van der Waals surface area contributed by atoms with Crippen molar-refractivity contribution in [1.82, 2.24) is 0 Å². The van der Waals surface area contributed by atoms with Gasteiger partial charge in [0, 0.05) is 23.7 Å². The predicted molar refractivity (Wildman–Crippen MR) is 84.4 cm³/mol. The van der Waals surface area contributed by atoms with Gasteiger partial charge in [0.2, 0.25) is 0 Å². The van der Waals surface area contributed by atoms with Gasteiger partial charge in [0.15, 0.2) is 0 Å². The summed E-state index contributed by atoms with van der Waals surface area (Å²) >= 11 is 6.24. The highest BCUT2D eigenvalue weighted by Gasteiger charge is 2.16. The van der Waals surface area contributed by atoms with Crippen molar-refractivity contribution in [3.05, 3.63) is 40.9 Å². The molecule has 2 N–H and O–H groups in total. The average Bonchev–Trinajstić information content (AvgIpc) is 2.53. The Morgan fingerprint density at radius 3 is 2.00 bits per heavy atom. The van der Waals surface area contributed by atoms with Crippen LogP contribution in [0, 0.1) is 0 Å². The molecule has 0 amide bonds. The van der Waals surface area contributed by atoms with Crippen molar-refractivity contribution in [2.75, 3.05) is 21.3 Å². The van der Waals surface area contributed by atoms with Gasteiger partial charge in [0.1, 0.15) is 17.2 Å². The third-order valence-electron chi connectivity index (χ3n) is 3.28. The zero-order chi connectivity index (χ0) is 15.4. The Morgan fingerprint density at radius 1 is 0.952 bits per heavy atom. The Morgan fingerprint density at radius 2 is 1.57 bits per heavy atom. The molecule has 0 saturated heterocycles. The summed E-state index contributed by atoms with van der Waals surface area (Å²) in [6.07, 6.45) is 0. The van der Waals surface area contributed by atoms with Gasteiger partial charge in [-0.05, 0) is 17.2 Å². The van der Waals surface area contributed by atoms with E-state index in [9.17, 15) is 0 Å². The van der Waals surface area contributed by atoms with Crippen LogP contribution in [-0.4, -0.2) is 21.3 Å². The van der Waals surface area contributed by atoms with Gasteiger partial charge in [-0.2, -0.15) is 0 Å². The Labute approximate surface area is 129 Å². The van der Waals surface area contributed by atoms with E-state index >= 15 is 0 Å². The molecule has 0 spiro atoms.